The molecule has 0 aliphatic carbocycles. The van der Waals surface area contributed by atoms with Crippen LogP contribution in [-0.2, 0) is 9.84 Å². The molecular weight excluding hydrogens is 355 g/mol. The van der Waals surface area contributed by atoms with Crippen molar-refractivity contribution in [1.82, 2.24) is 4.90 Å². The molecule has 0 aromatic heterocycles. The molecule has 0 unspecified atom stereocenters. The molecule has 1 rings (SSSR count). The molecule has 0 N–H and O–H groups in total. The maximum atomic E-state index is 14.0. The highest BCUT2D eigenvalue weighted by Crippen LogP contribution is 2.22. The molecule has 1 amide bonds. The van der Waals surface area contributed by atoms with E-state index in [-0.39, 0.29) is 27.1 Å². The minimum absolute atomic E-state index is 0.0549. The van der Waals surface area contributed by atoms with Crippen LogP contribution >= 0.6 is 11.6 Å². The van der Waals surface area contributed by atoms with Crippen molar-refractivity contribution in [1.29, 1.82) is 0 Å². The van der Waals surface area contributed by atoms with E-state index >= 15 is 0 Å². The van der Waals surface area contributed by atoms with E-state index in [0.717, 1.165) is 11.0 Å². The molecule has 8 heteroatoms. The largest absolute Gasteiger partial charge is 0.295 e. The van der Waals surface area contributed by atoms with Crippen LogP contribution in [0.1, 0.15) is 30.6 Å². The Bertz CT molecular complexity index is 768. The summed E-state index contributed by atoms with van der Waals surface area (Å²) < 4.78 is 38.7. The number of rotatable bonds is 5. The Balaban J connectivity index is 3.34. The maximum absolute atomic E-state index is 14.0. The number of amides is 1. The molecule has 0 heterocycles. The van der Waals surface area contributed by atoms with Gasteiger partial charge in [-0.1, -0.05) is 30.7 Å². The zero-order chi connectivity index (χ0) is 18.5. The van der Waals surface area contributed by atoms with E-state index in [1.54, 1.807) is 13.8 Å². The summed E-state index contributed by atoms with van der Waals surface area (Å²) in [6, 6.07) is 3.88. The summed E-state index contributed by atoms with van der Waals surface area (Å²) in [6.45, 7) is 3.28. The number of sulfone groups is 1. The summed E-state index contributed by atoms with van der Waals surface area (Å²) in [5, 5.41) is -0.0549. The van der Waals surface area contributed by atoms with E-state index in [9.17, 15) is 17.6 Å². The van der Waals surface area contributed by atoms with E-state index in [2.05, 4.69) is 4.99 Å². The number of amidine groups is 1. The topological polar surface area (TPSA) is 66.8 Å². The number of carbonyl (C=O) groups is 1. The fourth-order valence-electron chi connectivity index (χ4n) is 2.22. The molecule has 0 saturated carbocycles. The first-order valence-electron chi connectivity index (χ1n) is 7.29. The first-order valence-corrected chi connectivity index (χ1v) is 9.32. The summed E-state index contributed by atoms with van der Waals surface area (Å²) in [4.78, 5) is 17.4. The highest BCUT2D eigenvalue weighted by Gasteiger charge is 2.29. The van der Waals surface area contributed by atoms with Gasteiger partial charge in [0.15, 0.2) is 9.84 Å². The van der Waals surface area contributed by atoms with Crippen LogP contribution < -0.4 is 0 Å². The molecular formula is C16H20ClFN2O3S. The molecule has 0 aliphatic rings. The van der Waals surface area contributed by atoms with Crippen LogP contribution in [0.3, 0.4) is 0 Å². The van der Waals surface area contributed by atoms with Crippen LogP contribution in [0, 0.1) is 5.82 Å². The Hall–Kier alpha value is -1.73. The van der Waals surface area contributed by atoms with Crippen molar-refractivity contribution >= 4 is 33.2 Å². The SMILES string of the molecule is CC=C(C(=NC)N(C)C(=O)c1c(F)cccc1Cl)S(=O)(=O)CCC. The first kappa shape index (κ1) is 20.3. The number of benzene rings is 1. The van der Waals surface area contributed by atoms with Gasteiger partial charge in [0.05, 0.1) is 16.3 Å². The number of halogens is 2. The third-order valence-electron chi connectivity index (χ3n) is 3.30. The molecule has 0 spiro atoms. The lowest BCUT2D eigenvalue weighted by molar-refractivity contribution is 0.0867. The van der Waals surface area contributed by atoms with Gasteiger partial charge in [0.1, 0.15) is 16.6 Å². The summed E-state index contributed by atoms with van der Waals surface area (Å²) >= 11 is 5.91. The number of carbonyl (C=O) groups excluding carboxylic acids is 1. The van der Waals surface area contributed by atoms with Gasteiger partial charge in [0, 0.05) is 14.1 Å². The van der Waals surface area contributed by atoms with Crippen LogP contribution in [0.5, 0.6) is 0 Å². The number of nitrogens with zero attached hydrogens (tertiary/aromatic N) is 2. The molecule has 0 radical (unpaired) electrons. The third-order valence-corrected chi connectivity index (χ3v) is 5.65. The summed E-state index contributed by atoms with van der Waals surface area (Å²) in [5.74, 6) is -1.69. The zero-order valence-electron chi connectivity index (χ0n) is 14.0. The van der Waals surface area contributed by atoms with Gasteiger partial charge in [-0.15, -0.1) is 0 Å². The van der Waals surface area contributed by atoms with Gasteiger partial charge in [-0.3, -0.25) is 14.7 Å². The number of hydrogen-bond acceptors (Lipinski definition) is 4. The van der Waals surface area contributed by atoms with E-state index in [0.29, 0.717) is 6.42 Å². The number of allylic oxidation sites excluding steroid dienone is 1. The van der Waals surface area contributed by atoms with E-state index in [4.69, 9.17) is 11.6 Å². The van der Waals surface area contributed by atoms with Crippen molar-refractivity contribution < 1.29 is 17.6 Å². The highest BCUT2D eigenvalue weighted by molar-refractivity contribution is 7.96. The van der Waals surface area contributed by atoms with Crippen molar-refractivity contribution in [2.24, 2.45) is 4.99 Å². The third kappa shape index (κ3) is 4.21. The van der Waals surface area contributed by atoms with Crippen LogP contribution in [0.15, 0.2) is 34.2 Å². The minimum atomic E-state index is -3.61. The molecule has 132 valence electrons. The van der Waals surface area contributed by atoms with E-state index in [1.807, 2.05) is 0 Å². The maximum Gasteiger partial charge on any atom is 0.263 e. The second-order valence-electron chi connectivity index (χ2n) is 4.98. The normalized spacial score (nSPS) is 13.1. The Morgan fingerprint density at radius 3 is 2.50 bits per heavy atom. The van der Waals surface area contributed by atoms with E-state index in [1.165, 1.54) is 32.3 Å². The van der Waals surface area contributed by atoms with Crippen molar-refractivity contribution in [2.75, 3.05) is 19.8 Å². The molecule has 24 heavy (non-hydrogen) atoms. The van der Waals surface area contributed by atoms with Crippen LogP contribution in [0.2, 0.25) is 5.02 Å². The molecule has 0 aliphatic heterocycles. The van der Waals surface area contributed by atoms with Crippen LogP contribution in [0.4, 0.5) is 4.39 Å². The molecule has 0 atom stereocenters. The summed E-state index contributed by atoms with van der Waals surface area (Å²) in [5.41, 5.74) is -0.328. The van der Waals surface area contributed by atoms with Gasteiger partial charge in [0.2, 0.25) is 0 Å². The smallest absolute Gasteiger partial charge is 0.263 e. The summed E-state index contributed by atoms with van der Waals surface area (Å²) in [6.07, 6.45) is 1.80. The molecule has 0 bridgehead atoms. The Morgan fingerprint density at radius 1 is 1.42 bits per heavy atom. The van der Waals surface area contributed by atoms with Crippen LogP contribution in [-0.4, -0.2) is 44.9 Å². The molecule has 0 fully saturated rings. The van der Waals surface area contributed by atoms with Gasteiger partial charge in [-0.05, 0) is 25.5 Å². The quantitative estimate of drug-likeness (QED) is 0.586. The average molecular weight is 375 g/mol. The molecule has 1 aromatic rings. The fraction of sp³-hybridized carbons (Fsp3) is 0.375. The Labute approximate surface area is 146 Å². The molecule has 0 saturated heterocycles. The van der Waals surface area contributed by atoms with Gasteiger partial charge in [-0.2, -0.15) is 0 Å². The predicted molar refractivity (Wildman–Crippen MR) is 94.7 cm³/mol. The van der Waals surface area contributed by atoms with Crippen molar-refractivity contribution in [3.63, 3.8) is 0 Å². The lowest BCUT2D eigenvalue weighted by atomic mass is 10.2. The average Bonchev–Trinajstić information content (AvgIpc) is 2.51. The minimum Gasteiger partial charge on any atom is -0.295 e. The second kappa shape index (κ2) is 8.39. The summed E-state index contributed by atoms with van der Waals surface area (Å²) in [7, 11) is -0.905. The van der Waals surface area contributed by atoms with Crippen molar-refractivity contribution in [2.45, 2.75) is 20.3 Å². The molecule has 5 nitrogen and oxygen atoms in total. The lowest BCUT2D eigenvalue weighted by Crippen LogP contribution is -2.37. The number of likely N-dealkylation sites (N-methyl/N-ethyl adjacent to an activating group) is 1. The van der Waals surface area contributed by atoms with Crippen molar-refractivity contribution in [3.05, 3.63) is 45.6 Å². The van der Waals surface area contributed by atoms with Crippen LogP contribution in [0.25, 0.3) is 0 Å². The van der Waals surface area contributed by atoms with Gasteiger partial charge >= 0.3 is 0 Å². The van der Waals surface area contributed by atoms with Gasteiger partial charge in [0.25, 0.3) is 5.91 Å². The fourth-order valence-corrected chi connectivity index (χ4v) is 4.08. The monoisotopic (exact) mass is 374 g/mol. The van der Waals surface area contributed by atoms with Gasteiger partial charge in [-0.25, -0.2) is 12.8 Å². The van der Waals surface area contributed by atoms with Crippen molar-refractivity contribution in [3.8, 4) is 0 Å². The zero-order valence-corrected chi connectivity index (χ0v) is 15.6. The Morgan fingerprint density at radius 2 is 2.04 bits per heavy atom. The van der Waals surface area contributed by atoms with E-state index < -0.39 is 21.6 Å². The van der Waals surface area contributed by atoms with Gasteiger partial charge < -0.3 is 0 Å². The second-order valence-corrected chi connectivity index (χ2v) is 7.46. The number of hydrogen-bond donors (Lipinski definition) is 0. The lowest BCUT2D eigenvalue weighted by Gasteiger charge is -2.22. The molecule has 1 aromatic carbocycles. The highest BCUT2D eigenvalue weighted by atomic mass is 35.5. The Kier molecular flexibility index (Phi) is 7.10. The number of aliphatic imine (C=N–C) groups is 1. The first-order chi connectivity index (χ1) is 11.2. The predicted octanol–water partition coefficient (Wildman–Crippen LogP) is 3.31. The standard InChI is InChI=1S/C16H20ClFN2O3S/c1-5-10-24(22,23)13(6-2)15(19-3)20(4)16(21)14-11(17)8-7-9-12(14)18/h6-9H,5,10H2,1-4H3.